The maximum atomic E-state index is 12.0. The molecule has 104 valence electrons. The Labute approximate surface area is 116 Å². The monoisotopic (exact) mass is 322 g/mol. The number of nitrogen functional groups attached to an aromatic ring is 1. The average molecular weight is 323 g/mol. The number of rotatable bonds is 3. The number of hydrogen-bond acceptors (Lipinski definition) is 5. The molecule has 1 aromatic rings. The normalized spacial score (nSPS) is 21.6. The summed E-state index contributed by atoms with van der Waals surface area (Å²) in [6.07, 6.45) is 1.30. The van der Waals surface area contributed by atoms with Gasteiger partial charge in [0.25, 0.3) is 0 Å². The smallest absolute Gasteiger partial charge is 0.241 e. The Balaban J connectivity index is 2.24. The number of sulfone groups is 1. The van der Waals surface area contributed by atoms with Crippen LogP contribution in [0, 0.1) is 0 Å². The Hall–Kier alpha value is -1.09. The van der Waals surface area contributed by atoms with Crippen molar-refractivity contribution in [2.45, 2.75) is 10.9 Å². The lowest BCUT2D eigenvalue weighted by Crippen LogP contribution is -2.35. The van der Waals surface area contributed by atoms with Crippen molar-refractivity contribution in [3.05, 3.63) is 34.7 Å². The van der Waals surface area contributed by atoms with Crippen LogP contribution in [0.3, 0.4) is 0 Å². The van der Waals surface area contributed by atoms with Crippen molar-refractivity contribution in [2.75, 3.05) is 11.5 Å². The summed E-state index contributed by atoms with van der Waals surface area (Å²) in [6.45, 7) is 0. The first-order valence-electron chi connectivity index (χ1n) is 5.18. The van der Waals surface area contributed by atoms with Crippen LogP contribution in [0.1, 0.15) is 0 Å². The molecule has 1 aliphatic rings. The van der Waals surface area contributed by atoms with Crippen LogP contribution in [0.15, 0.2) is 34.6 Å². The van der Waals surface area contributed by atoms with Gasteiger partial charge in [-0.15, -0.1) is 0 Å². The zero-order valence-electron chi connectivity index (χ0n) is 9.58. The van der Waals surface area contributed by atoms with E-state index in [1.165, 1.54) is 24.3 Å². The van der Waals surface area contributed by atoms with Crippen LogP contribution in [0.25, 0.3) is 0 Å². The van der Waals surface area contributed by atoms with E-state index in [0.29, 0.717) is 0 Å². The number of hydrogen-bond donors (Lipinski definition) is 2. The summed E-state index contributed by atoms with van der Waals surface area (Å²) < 4.78 is 48.7. The minimum Gasteiger partial charge on any atom is -0.398 e. The Kier molecular flexibility index (Phi) is 3.61. The highest BCUT2D eigenvalue weighted by molar-refractivity contribution is 7.94. The van der Waals surface area contributed by atoms with Gasteiger partial charge in [-0.1, -0.05) is 17.7 Å². The minimum atomic E-state index is -3.84. The number of anilines is 1. The van der Waals surface area contributed by atoms with Gasteiger partial charge in [-0.3, -0.25) is 0 Å². The van der Waals surface area contributed by atoms with Crippen LogP contribution in [0.4, 0.5) is 5.69 Å². The molecular weight excluding hydrogens is 312 g/mol. The van der Waals surface area contributed by atoms with Gasteiger partial charge in [0.1, 0.15) is 0 Å². The fraction of sp³-hybridized carbons (Fsp3) is 0.200. The molecule has 0 aliphatic carbocycles. The first kappa shape index (κ1) is 14.3. The van der Waals surface area contributed by atoms with E-state index in [0.717, 1.165) is 5.41 Å². The van der Waals surface area contributed by atoms with Gasteiger partial charge in [-0.25, -0.2) is 21.6 Å². The van der Waals surface area contributed by atoms with Crippen molar-refractivity contribution in [1.82, 2.24) is 4.72 Å². The molecule has 1 aromatic carbocycles. The number of halogens is 1. The second-order valence-electron chi connectivity index (χ2n) is 4.07. The summed E-state index contributed by atoms with van der Waals surface area (Å²) in [5.74, 6) is -0.283. The van der Waals surface area contributed by atoms with Gasteiger partial charge in [-0.2, -0.15) is 0 Å². The molecule has 0 spiro atoms. The van der Waals surface area contributed by atoms with Crippen molar-refractivity contribution in [3.63, 3.8) is 0 Å². The molecule has 0 bridgehead atoms. The zero-order valence-corrected chi connectivity index (χ0v) is 12.0. The third-order valence-electron chi connectivity index (χ3n) is 2.52. The predicted molar refractivity (Wildman–Crippen MR) is 72.9 cm³/mol. The van der Waals surface area contributed by atoms with E-state index in [9.17, 15) is 16.8 Å². The van der Waals surface area contributed by atoms with Crippen molar-refractivity contribution < 1.29 is 16.8 Å². The SMILES string of the molecule is Nc1ccc(S(=O)(=O)NC2C=CS(=O)(=O)C2)cc1Cl. The molecule has 1 aliphatic heterocycles. The standard InChI is InChI=1S/C10H11ClN2O4S2/c11-9-5-8(1-2-10(9)12)19(16,17)13-7-3-4-18(14,15)6-7/h1-5,7,13H,6,12H2. The summed E-state index contributed by atoms with van der Waals surface area (Å²) >= 11 is 5.75. The summed E-state index contributed by atoms with van der Waals surface area (Å²) in [4.78, 5) is -0.0654. The second kappa shape index (κ2) is 4.78. The van der Waals surface area contributed by atoms with E-state index >= 15 is 0 Å². The van der Waals surface area contributed by atoms with Gasteiger partial charge < -0.3 is 5.73 Å². The Morgan fingerprint density at radius 1 is 1.37 bits per heavy atom. The second-order valence-corrected chi connectivity index (χ2v) is 8.12. The molecule has 0 saturated carbocycles. The van der Waals surface area contributed by atoms with E-state index < -0.39 is 25.9 Å². The molecule has 1 heterocycles. The fourth-order valence-electron chi connectivity index (χ4n) is 1.59. The molecule has 1 unspecified atom stereocenters. The van der Waals surface area contributed by atoms with Crippen LogP contribution >= 0.6 is 11.6 Å². The van der Waals surface area contributed by atoms with Crippen LogP contribution < -0.4 is 10.5 Å². The third-order valence-corrected chi connectivity index (χ3v) is 5.73. The summed E-state index contributed by atoms with van der Waals surface area (Å²) in [5.41, 5.74) is 5.76. The lowest BCUT2D eigenvalue weighted by molar-refractivity contribution is 0.575. The first-order chi connectivity index (χ1) is 8.70. The Bertz CT molecular complexity index is 741. The van der Waals surface area contributed by atoms with Gasteiger partial charge in [0, 0.05) is 5.41 Å². The van der Waals surface area contributed by atoms with Crippen molar-refractivity contribution >= 4 is 37.1 Å². The molecule has 9 heteroatoms. The van der Waals surface area contributed by atoms with E-state index in [-0.39, 0.29) is 21.4 Å². The van der Waals surface area contributed by atoms with E-state index in [1.54, 1.807) is 0 Å². The van der Waals surface area contributed by atoms with Gasteiger partial charge in [0.2, 0.25) is 10.0 Å². The number of benzene rings is 1. The molecule has 3 N–H and O–H groups in total. The zero-order chi connectivity index (χ0) is 14.3. The Morgan fingerprint density at radius 2 is 2.05 bits per heavy atom. The van der Waals surface area contributed by atoms with Crippen LogP contribution in [-0.4, -0.2) is 28.6 Å². The van der Waals surface area contributed by atoms with E-state index in [4.69, 9.17) is 17.3 Å². The first-order valence-corrected chi connectivity index (χ1v) is 8.76. The average Bonchev–Trinajstić information content (AvgIpc) is 2.61. The summed E-state index contributed by atoms with van der Waals surface area (Å²) in [6, 6.07) is 3.12. The molecular formula is C10H11ClN2O4S2. The van der Waals surface area contributed by atoms with Crippen molar-refractivity contribution in [1.29, 1.82) is 0 Å². The molecule has 6 nitrogen and oxygen atoms in total. The van der Waals surface area contributed by atoms with Crippen LogP contribution in [0.2, 0.25) is 5.02 Å². The highest BCUT2D eigenvalue weighted by Gasteiger charge is 2.26. The van der Waals surface area contributed by atoms with Gasteiger partial charge in [-0.05, 0) is 18.2 Å². The molecule has 2 rings (SSSR count). The highest BCUT2D eigenvalue weighted by atomic mass is 35.5. The molecule has 19 heavy (non-hydrogen) atoms. The molecule has 0 amide bonds. The highest BCUT2D eigenvalue weighted by Crippen LogP contribution is 2.23. The topological polar surface area (TPSA) is 106 Å². The van der Waals surface area contributed by atoms with Crippen LogP contribution in [0.5, 0.6) is 0 Å². The number of nitrogens with two attached hydrogens (primary N) is 1. The van der Waals surface area contributed by atoms with Crippen molar-refractivity contribution in [3.8, 4) is 0 Å². The minimum absolute atomic E-state index is 0.0654. The molecule has 0 saturated heterocycles. The Morgan fingerprint density at radius 3 is 2.58 bits per heavy atom. The largest absolute Gasteiger partial charge is 0.398 e. The van der Waals surface area contributed by atoms with E-state index in [2.05, 4.69) is 4.72 Å². The third kappa shape index (κ3) is 3.27. The quantitative estimate of drug-likeness (QED) is 0.789. The summed E-state index contributed by atoms with van der Waals surface area (Å²) in [5, 5.41) is 1.12. The van der Waals surface area contributed by atoms with Gasteiger partial charge in [0.05, 0.1) is 27.4 Å². The lowest BCUT2D eigenvalue weighted by atomic mass is 10.3. The van der Waals surface area contributed by atoms with Gasteiger partial charge in [0.15, 0.2) is 9.84 Å². The number of sulfonamides is 1. The molecule has 1 atom stereocenters. The van der Waals surface area contributed by atoms with Gasteiger partial charge >= 0.3 is 0 Å². The lowest BCUT2D eigenvalue weighted by Gasteiger charge is -2.11. The summed E-state index contributed by atoms with van der Waals surface area (Å²) in [7, 11) is -7.16. The predicted octanol–water partition coefficient (Wildman–Crippen LogP) is 0.511. The maximum absolute atomic E-state index is 12.0. The van der Waals surface area contributed by atoms with Crippen molar-refractivity contribution in [2.24, 2.45) is 0 Å². The molecule has 0 radical (unpaired) electrons. The maximum Gasteiger partial charge on any atom is 0.241 e. The van der Waals surface area contributed by atoms with Crippen LogP contribution in [-0.2, 0) is 19.9 Å². The molecule has 0 aromatic heterocycles. The molecule has 0 fully saturated rings. The van der Waals surface area contributed by atoms with E-state index in [1.807, 2.05) is 0 Å². The number of nitrogens with one attached hydrogen (secondary N) is 1. The fourth-order valence-corrected chi connectivity index (χ4v) is 4.39.